The number of amides is 4. The molecule has 1 aliphatic heterocycles. The van der Waals surface area contributed by atoms with Gasteiger partial charge in [-0.2, -0.15) is 0 Å². The first-order chi connectivity index (χ1) is 20.9. The van der Waals surface area contributed by atoms with E-state index >= 15 is 0 Å². The van der Waals surface area contributed by atoms with Crippen LogP contribution in [0.25, 0.3) is 16.8 Å². The fourth-order valence-electron chi connectivity index (χ4n) is 4.73. The number of barbiturate groups is 1. The molecule has 4 amide bonds. The van der Waals surface area contributed by atoms with Crippen molar-refractivity contribution in [3.8, 4) is 17.2 Å². The Morgan fingerprint density at radius 1 is 0.837 bits per heavy atom. The van der Waals surface area contributed by atoms with Gasteiger partial charge in [-0.3, -0.25) is 19.8 Å². The molecule has 8 nitrogen and oxygen atoms in total. The van der Waals surface area contributed by atoms with Crippen LogP contribution in [0.5, 0.6) is 17.2 Å². The topological polar surface area (TPSA) is 94.2 Å². The van der Waals surface area contributed by atoms with E-state index in [4.69, 9.17) is 14.2 Å². The van der Waals surface area contributed by atoms with Crippen molar-refractivity contribution in [1.82, 2.24) is 10.2 Å². The highest BCUT2D eigenvalue weighted by Crippen LogP contribution is 2.31. The molecular weight excluding hydrogens is 612 g/mol. The summed E-state index contributed by atoms with van der Waals surface area (Å²) in [6.45, 7) is 5.16. The van der Waals surface area contributed by atoms with Crippen LogP contribution in [0.1, 0.15) is 37.0 Å². The second kappa shape index (κ2) is 13.6. The van der Waals surface area contributed by atoms with E-state index in [0.717, 1.165) is 27.7 Å². The van der Waals surface area contributed by atoms with Gasteiger partial charge in [0.25, 0.3) is 11.8 Å². The van der Waals surface area contributed by atoms with Crippen molar-refractivity contribution in [3.63, 3.8) is 0 Å². The molecule has 5 rings (SSSR count). The van der Waals surface area contributed by atoms with Crippen molar-refractivity contribution in [1.29, 1.82) is 0 Å². The summed E-state index contributed by atoms with van der Waals surface area (Å²) in [5.41, 5.74) is 2.15. The van der Waals surface area contributed by atoms with E-state index in [1.807, 2.05) is 38.1 Å². The van der Waals surface area contributed by atoms with Gasteiger partial charge in [-0.1, -0.05) is 61.5 Å². The van der Waals surface area contributed by atoms with E-state index in [1.54, 1.807) is 36.4 Å². The first-order valence-electron chi connectivity index (χ1n) is 14.0. The Morgan fingerprint density at radius 2 is 1.63 bits per heavy atom. The standard InChI is InChI=1S/C34H31BrN2O6/c1-3-16-42-30-15-13-23(19-31(30)41-4-2)20-37-33(39)27(32(38)36-34(37)40)17-22-12-14-29(28(35)18-22)43-21-25-10-7-9-24-8-5-6-11-26(24)25/h5-15,17-19H,3-4,16,20-21H2,1-2H3,(H,36,38,40)/b27-17+. The average molecular weight is 644 g/mol. The lowest BCUT2D eigenvalue weighted by Crippen LogP contribution is -2.53. The minimum atomic E-state index is -0.783. The third-order valence-corrected chi connectivity index (χ3v) is 7.45. The van der Waals surface area contributed by atoms with Crippen LogP contribution in [0.2, 0.25) is 0 Å². The SMILES string of the molecule is CCCOc1ccc(CN2C(=O)NC(=O)/C(=C\c3ccc(OCc4cccc5ccccc45)c(Br)c3)C2=O)cc1OCC. The molecule has 220 valence electrons. The van der Waals surface area contributed by atoms with Crippen LogP contribution in [-0.2, 0) is 22.7 Å². The molecule has 1 heterocycles. The molecule has 4 aromatic rings. The van der Waals surface area contributed by atoms with Gasteiger partial charge in [0.15, 0.2) is 11.5 Å². The number of imide groups is 2. The Kier molecular flexibility index (Phi) is 9.41. The lowest BCUT2D eigenvalue weighted by molar-refractivity contribution is -0.130. The van der Waals surface area contributed by atoms with Crippen LogP contribution in [0.3, 0.4) is 0 Å². The Balaban J connectivity index is 1.32. The molecular formula is C34H31BrN2O6. The maximum Gasteiger partial charge on any atom is 0.331 e. The van der Waals surface area contributed by atoms with Crippen molar-refractivity contribution >= 4 is 50.6 Å². The zero-order valence-electron chi connectivity index (χ0n) is 23.9. The quantitative estimate of drug-likeness (QED) is 0.139. The molecule has 1 fully saturated rings. The molecule has 0 unspecified atom stereocenters. The second-order valence-electron chi connectivity index (χ2n) is 9.89. The predicted molar refractivity (Wildman–Crippen MR) is 168 cm³/mol. The van der Waals surface area contributed by atoms with Gasteiger partial charge in [0, 0.05) is 0 Å². The first-order valence-corrected chi connectivity index (χ1v) is 14.8. The number of carbonyl (C=O) groups excluding carboxylic acids is 3. The molecule has 1 aliphatic rings. The summed E-state index contributed by atoms with van der Waals surface area (Å²) >= 11 is 3.55. The van der Waals surface area contributed by atoms with Gasteiger partial charge >= 0.3 is 6.03 Å². The fourth-order valence-corrected chi connectivity index (χ4v) is 5.25. The molecule has 0 aliphatic carbocycles. The number of nitrogens with one attached hydrogen (secondary N) is 1. The zero-order chi connectivity index (χ0) is 30.3. The van der Waals surface area contributed by atoms with Crippen molar-refractivity contribution in [3.05, 3.63) is 106 Å². The van der Waals surface area contributed by atoms with Crippen LogP contribution >= 0.6 is 15.9 Å². The number of urea groups is 1. The van der Waals surface area contributed by atoms with Gasteiger partial charge in [0.2, 0.25) is 0 Å². The highest BCUT2D eigenvalue weighted by molar-refractivity contribution is 9.10. The molecule has 4 aromatic carbocycles. The minimum absolute atomic E-state index is 0.0476. The van der Waals surface area contributed by atoms with Gasteiger partial charge in [0.05, 0.1) is 24.2 Å². The predicted octanol–water partition coefficient (Wildman–Crippen LogP) is 7.03. The highest BCUT2D eigenvalue weighted by atomic mass is 79.9. The fraction of sp³-hybridized carbons (Fsp3) is 0.206. The molecule has 0 aromatic heterocycles. The summed E-state index contributed by atoms with van der Waals surface area (Å²) in [5, 5.41) is 4.54. The molecule has 0 bridgehead atoms. The van der Waals surface area contributed by atoms with E-state index in [2.05, 4.69) is 39.4 Å². The lowest BCUT2D eigenvalue weighted by atomic mass is 10.1. The van der Waals surface area contributed by atoms with Gasteiger partial charge in [-0.05, 0) is 87.1 Å². The average Bonchev–Trinajstić information content (AvgIpc) is 3.00. The van der Waals surface area contributed by atoms with E-state index in [0.29, 0.717) is 52.7 Å². The summed E-state index contributed by atoms with van der Waals surface area (Å²) in [6.07, 6.45) is 2.31. The van der Waals surface area contributed by atoms with E-state index in [1.165, 1.54) is 6.08 Å². The summed E-state index contributed by atoms with van der Waals surface area (Å²) < 4.78 is 18.2. The van der Waals surface area contributed by atoms with Gasteiger partial charge in [0.1, 0.15) is 17.9 Å². The number of benzene rings is 4. The summed E-state index contributed by atoms with van der Waals surface area (Å²) in [7, 11) is 0. The number of hydrogen-bond donors (Lipinski definition) is 1. The van der Waals surface area contributed by atoms with Gasteiger partial charge in [-0.15, -0.1) is 0 Å². The largest absolute Gasteiger partial charge is 0.490 e. The Labute approximate surface area is 258 Å². The monoisotopic (exact) mass is 642 g/mol. The second-order valence-corrected chi connectivity index (χ2v) is 10.7. The van der Waals surface area contributed by atoms with E-state index in [-0.39, 0.29) is 12.1 Å². The van der Waals surface area contributed by atoms with Crippen LogP contribution < -0.4 is 19.5 Å². The molecule has 0 saturated carbocycles. The summed E-state index contributed by atoms with van der Waals surface area (Å²) in [4.78, 5) is 39.7. The Hall–Kier alpha value is -4.63. The van der Waals surface area contributed by atoms with Gasteiger partial charge in [-0.25, -0.2) is 4.79 Å². The van der Waals surface area contributed by atoms with Crippen molar-refractivity contribution in [2.75, 3.05) is 13.2 Å². The number of ether oxygens (including phenoxy) is 3. The smallest absolute Gasteiger partial charge is 0.331 e. The number of fused-ring (bicyclic) bond motifs is 1. The van der Waals surface area contributed by atoms with Crippen molar-refractivity contribution in [2.45, 2.75) is 33.4 Å². The molecule has 0 atom stereocenters. The van der Waals surface area contributed by atoms with Crippen LogP contribution in [0.15, 0.2) is 88.9 Å². The number of nitrogens with zero attached hydrogens (tertiary/aromatic N) is 1. The van der Waals surface area contributed by atoms with Crippen molar-refractivity contribution in [2.24, 2.45) is 0 Å². The van der Waals surface area contributed by atoms with E-state index < -0.39 is 17.8 Å². The molecule has 0 spiro atoms. The van der Waals surface area contributed by atoms with Crippen molar-refractivity contribution < 1.29 is 28.6 Å². The highest BCUT2D eigenvalue weighted by Gasteiger charge is 2.35. The molecule has 43 heavy (non-hydrogen) atoms. The first kappa shape index (κ1) is 29.8. The van der Waals surface area contributed by atoms with Gasteiger partial charge < -0.3 is 14.2 Å². The summed E-state index contributed by atoms with van der Waals surface area (Å²) in [6, 6.07) is 24.0. The normalized spacial score (nSPS) is 14.3. The Morgan fingerprint density at radius 3 is 2.42 bits per heavy atom. The molecule has 1 N–H and O–H groups in total. The Bertz CT molecular complexity index is 1710. The maximum absolute atomic E-state index is 13.4. The number of carbonyl (C=O) groups is 3. The zero-order valence-corrected chi connectivity index (χ0v) is 25.5. The maximum atomic E-state index is 13.4. The molecule has 1 saturated heterocycles. The van der Waals surface area contributed by atoms with Crippen LogP contribution in [0.4, 0.5) is 4.79 Å². The minimum Gasteiger partial charge on any atom is -0.490 e. The van der Waals surface area contributed by atoms with E-state index in [9.17, 15) is 14.4 Å². The number of halogens is 1. The molecule has 9 heteroatoms. The lowest BCUT2D eigenvalue weighted by Gasteiger charge is -2.26. The third-order valence-electron chi connectivity index (χ3n) is 6.83. The van der Waals surface area contributed by atoms with Crippen LogP contribution in [0, 0.1) is 0 Å². The third kappa shape index (κ3) is 6.89. The van der Waals surface area contributed by atoms with Crippen LogP contribution in [-0.4, -0.2) is 36.0 Å². The summed E-state index contributed by atoms with van der Waals surface area (Å²) in [5.74, 6) is 0.288. The number of hydrogen-bond acceptors (Lipinski definition) is 6. The molecule has 0 radical (unpaired) electrons. The number of rotatable bonds is 11.